The zero-order chi connectivity index (χ0) is 15.5. The second-order valence-corrected chi connectivity index (χ2v) is 5.21. The second-order valence-electron chi connectivity index (χ2n) is 4.22. The number of ether oxygens (including phenoxy) is 1. The number of hydrogen-bond donors (Lipinski definition) is 2. The number of hydrogen-bond acceptors (Lipinski definition) is 5. The molecule has 0 spiro atoms. The molecule has 1 atom stereocenters. The molecule has 8 heteroatoms. The molecule has 2 N–H and O–H groups in total. The molecule has 116 valence electrons. The SMILES string of the molecule is COC(=O)CCCN(C)C(=O)N[C@H](CCSC)C(=O)O. The Kier molecular flexibility index (Phi) is 9.61. The van der Waals surface area contributed by atoms with Crippen molar-refractivity contribution >= 4 is 29.7 Å². The molecule has 0 aliphatic carbocycles. The van der Waals surface area contributed by atoms with Crippen LogP contribution < -0.4 is 5.32 Å². The van der Waals surface area contributed by atoms with Crippen LogP contribution in [0.15, 0.2) is 0 Å². The number of esters is 1. The molecule has 20 heavy (non-hydrogen) atoms. The largest absolute Gasteiger partial charge is 0.480 e. The van der Waals surface area contributed by atoms with Gasteiger partial charge in [-0.15, -0.1) is 0 Å². The molecule has 0 heterocycles. The van der Waals surface area contributed by atoms with E-state index in [0.717, 1.165) is 0 Å². The smallest absolute Gasteiger partial charge is 0.326 e. The van der Waals surface area contributed by atoms with Crippen molar-refractivity contribution in [3.05, 3.63) is 0 Å². The summed E-state index contributed by atoms with van der Waals surface area (Å²) in [6, 6.07) is -1.35. The minimum Gasteiger partial charge on any atom is -0.480 e. The predicted octanol–water partition coefficient (Wildman–Crippen LogP) is 0.787. The van der Waals surface area contributed by atoms with Crippen LogP contribution >= 0.6 is 11.8 Å². The highest BCUT2D eigenvalue weighted by Crippen LogP contribution is 2.02. The van der Waals surface area contributed by atoms with Crippen LogP contribution in [0, 0.1) is 0 Å². The molecule has 0 aliphatic rings. The van der Waals surface area contributed by atoms with Gasteiger partial charge >= 0.3 is 18.0 Å². The lowest BCUT2D eigenvalue weighted by Gasteiger charge is -2.21. The Bertz CT molecular complexity index is 338. The Hall–Kier alpha value is -1.44. The van der Waals surface area contributed by atoms with E-state index in [2.05, 4.69) is 10.1 Å². The number of rotatable bonds is 9. The zero-order valence-corrected chi connectivity index (χ0v) is 12.9. The number of nitrogens with one attached hydrogen (secondary N) is 1. The number of carbonyl (C=O) groups is 3. The number of carboxylic acids is 1. The summed E-state index contributed by atoms with van der Waals surface area (Å²) in [5, 5.41) is 11.5. The fraction of sp³-hybridized carbons (Fsp3) is 0.750. The molecule has 0 saturated heterocycles. The summed E-state index contributed by atoms with van der Waals surface area (Å²) in [5.41, 5.74) is 0. The van der Waals surface area contributed by atoms with Crippen LogP contribution in [-0.4, -0.2) is 66.7 Å². The van der Waals surface area contributed by atoms with Crippen molar-refractivity contribution in [2.24, 2.45) is 0 Å². The maximum Gasteiger partial charge on any atom is 0.326 e. The summed E-state index contributed by atoms with van der Waals surface area (Å²) >= 11 is 1.52. The van der Waals surface area contributed by atoms with Gasteiger partial charge in [0.15, 0.2) is 0 Å². The van der Waals surface area contributed by atoms with Crippen LogP contribution in [0.25, 0.3) is 0 Å². The molecular weight excluding hydrogens is 284 g/mol. The minimum atomic E-state index is -1.05. The highest BCUT2D eigenvalue weighted by Gasteiger charge is 2.21. The highest BCUT2D eigenvalue weighted by atomic mass is 32.2. The Balaban J connectivity index is 4.14. The summed E-state index contributed by atoms with van der Waals surface area (Å²) in [6.45, 7) is 0.357. The quantitative estimate of drug-likeness (QED) is 0.611. The molecule has 0 rings (SSSR count). The van der Waals surface area contributed by atoms with E-state index in [-0.39, 0.29) is 12.4 Å². The minimum absolute atomic E-state index is 0.225. The van der Waals surface area contributed by atoms with Crippen molar-refractivity contribution in [2.45, 2.75) is 25.3 Å². The maximum atomic E-state index is 11.8. The third kappa shape index (κ3) is 7.88. The lowest BCUT2D eigenvalue weighted by atomic mass is 10.2. The molecule has 0 radical (unpaired) electrons. The van der Waals surface area contributed by atoms with Gasteiger partial charge in [0.25, 0.3) is 0 Å². The lowest BCUT2D eigenvalue weighted by molar-refractivity contribution is -0.141. The van der Waals surface area contributed by atoms with E-state index in [0.29, 0.717) is 25.1 Å². The normalized spacial score (nSPS) is 11.6. The van der Waals surface area contributed by atoms with Gasteiger partial charge in [0.05, 0.1) is 7.11 Å². The average Bonchev–Trinajstić information content (AvgIpc) is 2.42. The number of methoxy groups -OCH3 is 1. The molecule has 0 aromatic rings. The molecule has 2 amide bonds. The van der Waals surface area contributed by atoms with Crippen molar-refractivity contribution in [3.8, 4) is 0 Å². The third-order valence-electron chi connectivity index (χ3n) is 2.66. The molecular formula is C12H22N2O5S. The molecule has 0 unspecified atom stereocenters. The van der Waals surface area contributed by atoms with Crippen LogP contribution in [0.4, 0.5) is 4.79 Å². The first-order valence-corrected chi connectivity index (χ1v) is 7.62. The van der Waals surface area contributed by atoms with E-state index >= 15 is 0 Å². The van der Waals surface area contributed by atoms with Crippen LogP contribution in [0.5, 0.6) is 0 Å². The Morgan fingerprint density at radius 2 is 2.05 bits per heavy atom. The first-order chi connectivity index (χ1) is 9.42. The van der Waals surface area contributed by atoms with Crippen LogP contribution in [-0.2, 0) is 14.3 Å². The van der Waals surface area contributed by atoms with Crippen molar-refractivity contribution in [1.29, 1.82) is 0 Å². The fourth-order valence-electron chi connectivity index (χ4n) is 1.42. The summed E-state index contributed by atoms with van der Waals surface area (Å²) in [5.74, 6) is -0.721. The number of amides is 2. The summed E-state index contributed by atoms with van der Waals surface area (Å²) in [6.07, 6.45) is 2.94. The van der Waals surface area contributed by atoms with E-state index < -0.39 is 18.0 Å². The molecule has 0 bridgehead atoms. The highest BCUT2D eigenvalue weighted by molar-refractivity contribution is 7.98. The van der Waals surface area contributed by atoms with Gasteiger partial charge in [0.2, 0.25) is 0 Å². The molecule has 7 nitrogen and oxygen atoms in total. The van der Waals surface area contributed by atoms with E-state index in [1.807, 2.05) is 6.26 Å². The zero-order valence-electron chi connectivity index (χ0n) is 12.0. The lowest BCUT2D eigenvalue weighted by Crippen LogP contribution is -2.47. The van der Waals surface area contributed by atoms with Crippen molar-refractivity contribution < 1.29 is 24.2 Å². The first-order valence-electron chi connectivity index (χ1n) is 6.22. The molecule has 0 fully saturated rings. The fourth-order valence-corrected chi connectivity index (χ4v) is 1.89. The van der Waals surface area contributed by atoms with Gasteiger partial charge in [0.1, 0.15) is 6.04 Å². The molecule has 0 aliphatic heterocycles. The van der Waals surface area contributed by atoms with Crippen molar-refractivity contribution in [3.63, 3.8) is 0 Å². The topological polar surface area (TPSA) is 95.9 Å². The number of carbonyl (C=O) groups excluding carboxylic acids is 2. The summed E-state index contributed by atoms with van der Waals surface area (Å²) < 4.78 is 4.49. The Morgan fingerprint density at radius 3 is 2.55 bits per heavy atom. The Morgan fingerprint density at radius 1 is 1.40 bits per heavy atom. The summed E-state index contributed by atoms with van der Waals surface area (Å²) in [4.78, 5) is 35.1. The van der Waals surface area contributed by atoms with Crippen LogP contribution in [0.1, 0.15) is 19.3 Å². The van der Waals surface area contributed by atoms with Gasteiger partial charge in [-0.05, 0) is 24.9 Å². The van der Waals surface area contributed by atoms with E-state index in [4.69, 9.17) is 5.11 Å². The standard InChI is InChI=1S/C12H22N2O5S/c1-14(7-4-5-10(15)19-2)12(18)13-9(11(16)17)6-8-20-3/h9H,4-8H2,1-3H3,(H,13,18)(H,16,17)/t9-/m1/s1. The Labute approximate surface area is 123 Å². The van der Waals surface area contributed by atoms with Crippen molar-refractivity contribution in [1.82, 2.24) is 10.2 Å². The van der Waals surface area contributed by atoms with Crippen LogP contribution in [0.3, 0.4) is 0 Å². The average molecular weight is 306 g/mol. The van der Waals surface area contributed by atoms with E-state index in [9.17, 15) is 14.4 Å². The first kappa shape index (κ1) is 18.6. The van der Waals surface area contributed by atoms with Gasteiger partial charge in [0, 0.05) is 20.0 Å². The van der Waals surface area contributed by atoms with Gasteiger partial charge < -0.3 is 20.1 Å². The number of nitrogens with zero attached hydrogens (tertiary/aromatic N) is 1. The van der Waals surface area contributed by atoms with Gasteiger partial charge in [-0.2, -0.15) is 11.8 Å². The maximum absolute atomic E-state index is 11.8. The molecule has 0 saturated carbocycles. The van der Waals surface area contributed by atoms with E-state index in [1.54, 1.807) is 7.05 Å². The molecule has 0 aromatic carbocycles. The van der Waals surface area contributed by atoms with Gasteiger partial charge in [-0.25, -0.2) is 9.59 Å². The third-order valence-corrected chi connectivity index (χ3v) is 3.30. The van der Waals surface area contributed by atoms with Crippen LogP contribution in [0.2, 0.25) is 0 Å². The summed E-state index contributed by atoms with van der Waals surface area (Å²) in [7, 11) is 2.86. The number of urea groups is 1. The number of aliphatic carboxylic acids is 1. The number of carboxylic acid groups (broad SMARTS) is 1. The van der Waals surface area contributed by atoms with Gasteiger partial charge in [-0.3, -0.25) is 4.79 Å². The monoisotopic (exact) mass is 306 g/mol. The molecule has 0 aromatic heterocycles. The number of thioether (sulfide) groups is 1. The van der Waals surface area contributed by atoms with E-state index in [1.165, 1.54) is 23.8 Å². The van der Waals surface area contributed by atoms with Gasteiger partial charge in [-0.1, -0.05) is 0 Å². The second kappa shape index (κ2) is 10.4. The van der Waals surface area contributed by atoms with Crippen molar-refractivity contribution in [2.75, 3.05) is 32.7 Å². The predicted molar refractivity (Wildman–Crippen MR) is 76.8 cm³/mol.